The molecule has 0 aromatic heterocycles. The van der Waals surface area contributed by atoms with Crippen LogP contribution in [0.2, 0.25) is 0 Å². The lowest BCUT2D eigenvalue weighted by Crippen LogP contribution is -2.15. The van der Waals surface area contributed by atoms with Gasteiger partial charge in [-0.15, -0.1) is 0 Å². The molecule has 4 rings (SSSR count). The van der Waals surface area contributed by atoms with Gasteiger partial charge in [-0.3, -0.25) is 14.4 Å². The third-order valence-corrected chi connectivity index (χ3v) is 5.51. The summed E-state index contributed by atoms with van der Waals surface area (Å²) in [6.45, 7) is 9.52. The van der Waals surface area contributed by atoms with Crippen molar-refractivity contribution in [2.75, 3.05) is 7.11 Å². The number of ketones is 3. The van der Waals surface area contributed by atoms with E-state index in [9.17, 15) is 19.2 Å². The van der Waals surface area contributed by atoms with Crippen molar-refractivity contribution in [3.8, 4) is 0 Å². The number of carbonyl (C=O) groups excluding carboxylic acids is 4. The molecule has 0 fully saturated rings. The van der Waals surface area contributed by atoms with Gasteiger partial charge < -0.3 is 4.74 Å². The molecule has 0 saturated carbocycles. The Kier molecular flexibility index (Phi) is 15.5. The summed E-state index contributed by atoms with van der Waals surface area (Å²) in [5.74, 6) is -0.661. The van der Waals surface area contributed by atoms with E-state index in [1.807, 2.05) is 72.8 Å². The van der Waals surface area contributed by atoms with E-state index in [2.05, 4.69) is 37.6 Å². The zero-order valence-corrected chi connectivity index (χ0v) is 24.1. The maximum atomic E-state index is 11.1. The summed E-state index contributed by atoms with van der Waals surface area (Å²) in [5.41, 5.74) is 4.52. The highest BCUT2D eigenvalue weighted by molar-refractivity contribution is 6.40. The molecule has 0 radical (unpaired) electrons. The fourth-order valence-corrected chi connectivity index (χ4v) is 3.11. The Bertz CT molecular complexity index is 1310. The second kappa shape index (κ2) is 18.6. The minimum Gasteiger partial charge on any atom is -0.463 e. The third kappa shape index (κ3) is 13.2. The Morgan fingerprint density at radius 1 is 0.550 bits per heavy atom. The summed E-state index contributed by atoms with van der Waals surface area (Å²) >= 11 is 0. The van der Waals surface area contributed by atoms with Gasteiger partial charge in [-0.25, -0.2) is 4.79 Å². The smallest absolute Gasteiger partial charge is 0.379 e. The van der Waals surface area contributed by atoms with E-state index >= 15 is 0 Å². The summed E-state index contributed by atoms with van der Waals surface area (Å²) in [7, 11) is 1.18. The average Bonchev–Trinajstić information content (AvgIpc) is 2.98. The van der Waals surface area contributed by atoms with Crippen molar-refractivity contribution in [2.24, 2.45) is 0 Å². The molecule has 0 amide bonds. The first-order chi connectivity index (χ1) is 19.1. The highest BCUT2D eigenvalue weighted by Crippen LogP contribution is 2.14. The molecule has 208 valence electrons. The molecule has 0 bridgehead atoms. The quantitative estimate of drug-likeness (QED) is 0.146. The van der Waals surface area contributed by atoms with Crippen molar-refractivity contribution in [1.29, 1.82) is 0 Å². The minimum absolute atomic E-state index is 0.121. The number of methoxy groups -OCH3 is 1. The summed E-state index contributed by atoms with van der Waals surface area (Å²) in [5, 5.41) is 0. The van der Waals surface area contributed by atoms with Crippen LogP contribution in [0.4, 0.5) is 0 Å². The van der Waals surface area contributed by atoms with Crippen molar-refractivity contribution in [3.63, 3.8) is 0 Å². The van der Waals surface area contributed by atoms with Gasteiger partial charge in [-0.2, -0.15) is 0 Å². The lowest BCUT2D eigenvalue weighted by atomic mass is 10.0. The van der Waals surface area contributed by atoms with Crippen LogP contribution in [0.15, 0.2) is 115 Å². The lowest BCUT2D eigenvalue weighted by molar-refractivity contribution is -0.135. The van der Waals surface area contributed by atoms with Gasteiger partial charge in [0.15, 0.2) is 11.6 Å². The molecule has 40 heavy (non-hydrogen) atoms. The number of Topliss-reactive ketones (excluding diaryl/α,β-unsaturated/α-hetero) is 3. The molecule has 0 atom stereocenters. The van der Waals surface area contributed by atoms with Crippen LogP contribution in [-0.4, -0.2) is 30.4 Å². The van der Waals surface area contributed by atoms with Crippen LogP contribution in [0, 0.1) is 6.92 Å². The van der Waals surface area contributed by atoms with Crippen LogP contribution in [0.1, 0.15) is 75.8 Å². The Morgan fingerprint density at radius 3 is 1.23 bits per heavy atom. The number of rotatable bonds is 5. The number of benzene rings is 4. The first-order valence-electron chi connectivity index (χ1n) is 12.9. The lowest BCUT2D eigenvalue weighted by Gasteiger charge is -2.04. The predicted octanol–water partition coefficient (Wildman–Crippen LogP) is 7.94. The number of hydrogen-bond donors (Lipinski definition) is 0. The number of carbonyl (C=O) groups is 4. The largest absolute Gasteiger partial charge is 0.463 e. The molecule has 4 aromatic rings. The molecule has 0 spiro atoms. The van der Waals surface area contributed by atoms with Crippen molar-refractivity contribution >= 4 is 23.3 Å². The number of esters is 1. The van der Waals surface area contributed by atoms with Crippen LogP contribution in [0.5, 0.6) is 0 Å². The summed E-state index contributed by atoms with van der Waals surface area (Å²) in [4.78, 5) is 43.4. The SMILES string of the molecule is CC(=O)c1ccc(C(C)C)cc1.CC(=O)c1ccccc1.COC(=O)C(=O)c1ccccc1.Cc1ccccc1. The molecule has 0 N–H and O–H groups in total. The predicted molar refractivity (Wildman–Crippen MR) is 161 cm³/mol. The first kappa shape index (κ1) is 33.4. The second-order valence-electron chi connectivity index (χ2n) is 9.10. The molecule has 0 heterocycles. The number of hydrogen-bond acceptors (Lipinski definition) is 5. The van der Waals surface area contributed by atoms with Crippen molar-refractivity contribution in [1.82, 2.24) is 0 Å². The molecule has 5 nitrogen and oxygen atoms in total. The highest BCUT2D eigenvalue weighted by Gasteiger charge is 2.15. The average molecular weight is 539 g/mol. The van der Waals surface area contributed by atoms with Gasteiger partial charge in [0.2, 0.25) is 0 Å². The Balaban J connectivity index is 0.000000272. The van der Waals surface area contributed by atoms with E-state index in [-0.39, 0.29) is 11.6 Å². The maximum Gasteiger partial charge on any atom is 0.379 e. The Labute approximate surface area is 237 Å². The zero-order valence-electron chi connectivity index (χ0n) is 24.1. The van der Waals surface area contributed by atoms with Gasteiger partial charge in [-0.1, -0.05) is 135 Å². The van der Waals surface area contributed by atoms with Gasteiger partial charge in [0.1, 0.15) is 0 Å². The summed E-state index contributed by atoms with van der Waals surface area (Å²) < 4.78 is 4.28. The van der Waals surface area contributed by atoms with Gasteiger partial charge in [0, 0.05) is 16.7 Å². The fourth-order valence-electron chi connectivity index (χ4n) is 3.11. The monoisotopic (exact) mass is 538 g/mol. The van der Waals surface area contributed by atoms with Gasteiger partial charge in [0.05, 0.1) is 7.11 Å². The number of ether oxygens (including phenoxy) is 1. The van der Waals surface area contributed by atoms with Gasteiger partial charge in [-0.05, 0) is 32.3 Å². The van der Waals surface area contributed by atoms with E-state index in [1.54, 1.807) is 44.2 Å². The molecule has 0 saturated heterocycles. The molecular weight excluding hydrogens is 500 g/mol. The third-order valence-electron chi connectivity index (χ3n) is 5.51. The molecule has 5 heteroatoms. The van der Waals surface area contributed by atoms with Crippen molar-refractivity contribution in [3.05, 3.63) is 143 Å². The van der Waals surface area contributed by atoms with Crippen molar-refractivity contribution in [2.45, 2.75) is 40.5 Å². The van der Waals surface area contributed by atoms with Gasteiger partial charge >= 0.3 is 5.97 Å². The number of aryl methyl sites for hydroxylation is 1. The topological polar surface area (TPSA) is 77.5 Å². The van der Waals surface area contributed by atoms with Crippen LogP contribution in [-0.2, 0) is 9.53 Å². The maximum absolute atomic E-state index is 11.1. The van der Waals surface area contributed by atoms with Gasteiger partial charge in [0.25, 0.3) is 5.78 Å². The Hall–Kier alpha value is -4.64. The normalized spacial score (nSPS) is 9.38. The van der Waals surface area contributed by atoms with Crippen LogP contribution < -0.4 is 0 Å². The second-order valence-corrected chi connectivity index (χ2v) is 9.10. The fraction of sp³-hybridized carbons (Fsp3) is 0.200. The molecule has 0 aliphatic rings. The molecule has 0 aliphatic heterocycles. The first-order valence-corrected chi connectivity index (χ1v) is 12.9. The molecule has 4 aromatic carbocycles. The van der Waals surface area contributed by atoms with E-state index in [0.717, 1.165) is 11.1 Å². The molecule has 0 unspecified atom stereocenters. The van der Waals surface area contributed by atoms with Crippen LogP contribution in [0.25, 0.3) is 0 Å². The minimum atomic E-state index is -0.832. The van der Waals surface area contributed by atoms with Crippen molar-refractivity contribution < 1.29 is 23.9 Å². The van der Waals surface area contributed by atoms with E-state index in [1.165, 1.54) is 18.2 Å². The van der Waals surface area contributed by atoms with Crippen LogP contribution in [0.3, 0.4) is 0 Å². The summed E-state index contributed by atoms with van der Waals surface area (Å²) in [6, 6.07) is 35.6. The van der Waals surface area contributed by atoms with E-state index in [0.29, 0.717) is 11.5 Å². The zero-order chi connectivity index (χ0) is 29.9. The standard InChI is InChI=1S/C11H14O.C9H8O3.C8H8O.C7H8/c1-8(2)10-4-6-11(7-5-10)9(3)12;1-12-9(11)8(10)7-5-3-2-4-6-7;1-7(9)8-5-3-2-4-6-8;1-7-5-3-2-4-6-7/h4-8H,1-3H3;2-6H,1H3;2-6H,1H3;2-6H,1H3. The highest BCUT2D eigenvalue weighted by atomic mass is 16.5. The van der Waals surface area contributed by atoms with Crippen LogP contribution >= 0.6 is 0 Å². The molecule has 0 aliphatic carbocycles. The Morgan fingerprint density at radius 2 is 0.925 bits per heavy atom. The summed E-state index contributed by atoms with van der Waals surface area (Å²) in [6.07, 6.45) is 0. The van der Waals surface area contributed by atoms with E-state index < -0.39 is 11.8 Å². The van der Waals surface area contributed by atoms with E-state index in [4.69, 9.17) is 0 Å². The molecular formula is C35H38O5.